The van der Waals surface area contributed by atoms with Crippen LogP contribution >= 0.6 is 0 Å². The molecule has 0 aliphatic carbocycles. The molecule has 0 saturated carbocycles. The van der Waals surface area contributed by atoms with Gasteiger partial charge in [0.25, 0.3) is 0 Å². The Morgan fingerprint density at radius 2 is 1.38 bits per heavy atom. The van der Waals surface area contributed by atoms with Crippen molar-refractivity contribution in [3.8, 4) is 0 Å². The van der Waals surface area contributed by atoms with E-state index < -0.39 is 12.1 Å². The zero-order valence-corrected chi connectivity index (χ0v) is 11.3. The number of nitrogens with zero attached hydrogens (tertiary/aromatic N) is 3. The van der Waals surface area contributed by atoms with Gasteiger partial charge in [-0.05, 0) is 42.3 Å². The fourth-order valence-electron chi connectivity index (χ4n) is 0.621. The number of carboxylic acids is 1. The van der Waals surface area contributed by atoms with Gasteiger partial charge in [0.05, 0.1) is 0 Å². The van der Waals surface area contributed by atoms with E-state index in [-0.39, 0.29) is 0 Å². The molecule has 98 valence electrons. The Bertz CT molecular complexity index is 176. The molecule has 1 unspecified atom stereocenters. The molecule has 0 bridgehead atoms. The minimum absolute atomic E-state index is 0.880. The minimum atomic E-state index is -1.00. The van der Waals surface area contributed by atoms with Crippen molar-refractivity contribution in [1.29, 1.82) is 0 Å². The summed E-state index contributed by atoms with van der Waals surface area (Å²) in [5, 5.41) is 8.19. The number of carboxylic acid groups (broad SMARTS) is 1. The van der Waals surface area contributed by atoms with Crippen molar-refractivity contribution in [1.82, 2.24) is 14.7 Å². The monoisotopic (exact) mass is 234 g/mol. The summed E-state index contributed by atoms with van der Waals surface area (Å²) < 4.78 is 0. The fraction of sp³-hybridized carbons (Fsp3) is 0.900. The lowest BCUT2D eigenvalue weighted by Gasteiger charge is -2.13. The van der Waals surface area contributed by atoms with Gasteiger partial charge in [-0.1, -0.05) is 0 Å². The van der Waals surface area contributed by atoms with E-state index in [1.807, 2.05) is 0 Å². The Morgan fingerprint density at radius 1 is 1.06 bits per heavy atom. The minimum Gasteiger partial charge on any atom is -0.479 e. The van der Waals surface area contributed by atoms with Crippen LogP contribution in [0.3, 0.4) is 0 Å². The number of likely N-dealkylation sites (N-methyl/N-ethyl adjacent to an activating group) is 3. The molecule has 0 fully saturated rings. The van der Waals surface area contributed by atoms with Crippen molar-refractivity contribution in [3.05, 3.63) is 0 Å². The third-order valence-corrected chi connectivity index (χ3v) is 1.80. The van der Waals surface area contributed by atoms with Gasteiger partial charge in [-0.2, -0.15) is 0 Å². The van der Waals surface area contributed by atoms with E-state index in [2.05, 4.69) is 38.0 Å². The average molecular weight is 234 g/mol. The highest BCUT2D eigenvalue weighted by Gasteiger charge is 2.11. The molecule has 6 heteroatoms. The highest BCUT2D eigenvalue weighted by atomic mass is 16.4. The van der Waals surface area contributed by atoms with Gasteiger partial charge in [0.15, 0.2) is 6.17 Å². The Hall–Kier alpha value is -0.690. The van der Waals surface area contributed by atoms with E-state index in [0.29, 0.717) is 0 Å². The van der Waals surface area contributed by atoms with Crippen LogP contribution in [0.4, 0.5) is 0 Å². The van der Waals surface area contributed by atoms with E-state index in [1.54, 1.807) is 14.1 Å². The van der Waals surface area contributed by atoms with Crippen molar-refractivity contribution in [3.63, 3.8) is 0 Å². The van der Waals surface area contributed by atoms with Crippen LogP contribution in [0.15, 0.2) is 0 Å². The highest BCUT2D eigenvalue weighted by molar-refractivity contribution is 5.72. The Labute approximate surface area is 98.6 Å². The van der Waals surface area contributed by atoms with Crippen LogP contribution in [-0.4, -0.2) is 87.3 Å². The largest absolute Gasteiger partial charge is 0.479 e. The summed E-state index contributed by atoms with van der Waals surface area (Å²) >= 11 is 0. The Morgan fingerprint density at radius 3 is 1.44 bits per heavy atom. The maximum absolute atomic E-state index is 9.97. The lowest BCUT2D eigenvalue weighted by molar-refractivity contribution is -0.142. The van der Waals surface area contributed by atoms with Crippen LogP contribution in [0, 0.1) is 0 Å². The SMILES string of the molecule is CN(C)C(N)C(=O)O.CN(C)CCN(C)C. The second kappa shape index (κ2) is 9.53. The van der Waals surface area contributed by atoms with Gasteiger partial charge >= 0.3 is 5.97 Å². The molecule has 0 aliphatic rings. The molecular formula is C10H26N4O2. The predicted octanol–water partition coefficient (Wildman–Crippen LogP) is -0.973. The molecule has 3 N–H and O–H groups in total. The van der Waals surface area contributed by atoms with E-state index in [1.165, 1.54) is 4.90 Å². The van der Waals surface area contributed by atoms with Crippen LogP contribution in [0.2, 0.25) is 0 Å². The molecule has 0 rings (SSSR count). The van der Waals surface area contributed by atoms with Crippen LogP contribution in [0.1, 0.15) is 0 Å². The summed E-state index contributed by atoms with van der Waals surface area (Å²) in [4.78, 5) is 15.8. The molecule has 16 heavy (non-hydrogen) atoms. The van der Waals surface area contributed by atoms with Gasteiger partial charge in [0, 0.05) is 13.1 Å². The third kappa shape index (κ3) is 13.3. The van der Waals surface area contributed by atoms with Gasteiger partial charge in [-0.3, -0.25) is 4.90 Å². The number of hydrogen-bond acceptors (Lipinski definition) is 5. The predicted molar refractivity (Wildman–Crippen MR) is 66.4 cm³/mol. The first-order valence-electron chi connectivity index (χ1n) is 5.12. The van der Waals surface area contributed by atoms with E-state index in [9.17, 15) is 4.79 Å². The molecule has 0 aliphatic heterocycles. The number of nitrogens with two attached hydrogens (primary N) is 1. The second-order valence-corrected chi connectivity index (χ2v) is 4.35. The molecular weight excluding hydrogens is 208 g/mol. The number of hydrogen-bond donors (Lipinski definition) is 2. The standard InChI is InChI=1S/C6H16N2.C4H10N2O2/c1-7(2)5-6-8(3)4;1-6(2)3(5)4(7)8/h5-6H2,1-4H3;3H,5H2,1-2H3,(H,7,8). The van der Waals surface area contributed by atoms with E-state index in [0.717, 1.165) is 13.1 Å². The first-order valence-corrected chi connectivity index (χ1v) is 5.12. The van der Waals surface area contributed by atoms with Gasteiger partial charge in [-0.15, -0.1) is 0 Å². The molecule has 0 aromatic carbocycles. The number of aliphatic carboxylic acids is 1. The molecule has 1 atom stereocenters. The summed E-state index contributed by atoms with van der Waals surface area (Å²) in [5.74, 6) is -1.00. The highest BCUT2D eigenvalue weighted by Crippen LogP contribution is 1.80. The van der Waals surface area contributed by atoms with Crippen molar-refractivity contribution in [2.45, 2.75) is 6.17 Å². The third-order valence-electron chi connectivity index (χ3n) is 1.80. The van der Waals surface area contributed by atoms with E-state index >= 15 is 0 Å². The molecule has 0 aromatic heterocycles. The average Bonchev–Trinajstić information content (AvgIpc) is 2.14. The quantitative estimate of drug-likeness (QED) is 0.596. The molecule has 0 spiro atoms. The van der Waals surface area contributed by atoms with Crippen molar-refractivity contribution >= 4 is 5.97 Å². The molecule has 0 radical (unpaired) electrons. The molecule has 0 aromatic rings. The fourth-order valence-corrected chi connectivity index (χ4v) is 0.621. The molecule has 0 amide bonds. The normalized spacial score (nSPS) is 12.6. The second-order valence-electron chi connectivity index (χ2n) is 4.35. The first-order chi connectivity index (χ1) is 7.18. The van der Waals surface area contributed by atoms with Gasteiger partial charge in [-0.25, -0.2) is 4.79 Å². The van der Waals surface area contributed by atoms with Crippen LogP contribution in [-0.2, 0) is 4.79 Å². The summed E-state index contributed by atoms with van der Waals surface area (Å²) in [7, 11) is 11.6. The van der Waals surface area contributed by atoms with Gasteiger partial charge < -0.3 is 20.6 Å². The zero-order valence-electron chi connectivity index (χ0n) is 11.3. The zero-order chi connectivity index (χ0) is 13.3. The molecule has 6 nitrogen and oxygen atoms in total. The van der Waals surface area contributed by atoms with Gasteiger partial charge in [0.1, 0.15) is 0 Å². The van der Waals surface area contributed by atoms with Gasteiger partial charge in [0.2, 0.25) is 0 Å². The maximum atomic E-state index is 9.97. The summed E-state index contributed by atoms with van der Waals surface area (Å²) in [5.41, 5.74) is 5.09. The topological polar surface area (TPSA) is 73.0 Å². The lowest BCUT2D eigenvalue weighted by Crippen LogP contribution is -2.43. The summed E-state index contributed by atoms with van der Waals surface area (Å²) in [6.07, 6.45) is -0.880. The first kappa shape index (κ1) is 17.7. The molecule has 0 saturated heterocycles. The lowest BCUT2D eigenvalue weighted by atomic mass is 10.5. The smallest absolute Gasteiger partial charge is 0.335 e. The van der Waals surface area contributed by atoms with Crippen molar-refractivity contribution in [2.75, 3.05) is 55.4 Å². The molecule has 0 heterocycles. The van der Waals surface area contributed by atoms with Crippen molar-refractivity contribution < 1.29 is 9.90 Å². The Kier molecular flexibility index (Phi) is 10.5. The van der Waals surface area contributed by atoms with E-state index in [4.69, 9.17) is 10.8 Å². The number of carbonyl (C=O) groups is 1. The number of rotatable bonds is 5. The van der Waals surface area contributed by atoms with Crippen LogP contribution in [0.5, 0.6) is 0 Å². The van der Waals surface area contributed by atoms with Crippen LogP contribution < -0.4 is 5.73 Å². The summed E-state index contributed by atoms with van der Waals surface area (Å²) in [6, 6.07) is 0. The van der Waals surface area contributed by atoms with Crippen molar-refractivity contribution in [2.24, 2.45) is 5.73 Å². The summed E-state index contributed by atoms with van der Waals surface area (Å²) in [6.45, 7) is 2.29. The van der Waals surface area contributed by atoms with Crippen LogP contribution in [0.25, 0.3) is 0 Å². The Balaban J connectivity index is 0. The maximum Gasteiger partial charge on any atom is 0.335 e.